The van der Waals surface area contributed by atoms with Gasteiger partial charge >= 0.3 is 18.1 Å². The molecule has 1 aromatic carbocycles. The van der Waals surface area contributed by atoms with Gasteiger partial charge in [0.1, 0.15) is 5.60 Å². The number of esters is 1. The Kier molecular flexibility index (Phi) is 6.40. The second-order valence-electron chi connectivity index (χ2n) is 6.56. The summed E-state index contributed by atoms with van der Waals surface area (Å²) < 4.78 is 43.0. The van der Waals surface area contributed by atoms with Crippen LogP contribution in [0, 0.1) is 5.92 Å². The van der Waals surface area contributed by atoms with Crippen LogP contribution in [-0.4, -0.2) is 22.6 Å². The van der Waals surface area contributed by atoms with Crippen molar-refractivity contribution in [3.8, 4) is 0 Å². The Hall–Kier alpha value is -2.05. The number of hydrogen-bond donors (Lipinski definition) is 1. The standard InChI is InChI=1S/C17H21F3O4/c1-16(2,3)24-15(23)12(6-9-14(21)22)10-11-4-7-13(8-5-11)17(18,19)20/h4-5,7-8,12H,6,9-10H2,1-3H3,(H,21,22). The lowest BCUT2D eigenvalue weighted by Gasteiger charge is -2.24. The third kappa shape index (κ3) is 7.02. The maximum Gasteiger partial charge on any atom is 0.416 e. The number of carbonyl (C=O) groups excluding carboxylic acids is 1. The van der Waals surface area contributed by atoms with Crippen molar-refractivity contribution >= 4 is 11.9 Å². The highest BCUT2D eigenvalue weighted by molar-refractivity contribution is 5.74. The fourth-order valence-electron chi connectivity index (χ4n) is 2.10. The van der Waals surface area contributed by atoms with E-state index in [1.807, 2.05) is 0 Å². The highest BCUT2D eigenvalue weighted by Gasteiger charge is 2.30. The van der Waals surface area contributed by atoms with Gasteiger partial charge in [-0.1, -0.05) is 12.1 Å². The zero-order valence-corrected chi connectivity index (χ0v) is 13.8. The van der Waals surface area contributed by atoms with Crippen LogP contribution in [0.5, 0.6) is 0 Å². The molecule has 0 spiro atoms. The van der Waals surface area contributed by atoms with E-state index in [0.717, 1.165) is 12.1 Å². The number of rotatable bonds is 6. The van der Waals surface area contributed by atoms with Crippen molar-refractivity contribution in [2.24, 2.45) is 5.92 Å². The van der Waals surface area contributed by atoms with Gasteiger partial charge < -0.3 is 9.84 Å². The second-order valence-corrected chi connectivity index (χ2v) is 6.56. The number of carboxylic acids is 1. The van der Waals surface area contributed by atoms with Crippen LogP contribution in [0.4, 0.5) is 13.2 Å². The number of benzene rings is 1. The van der Waals surface area contributed by atoms with Gasteiger partial charge in [0.15, 0.2) is 0 Å². The summed E-state index contributed by atoms with van der Waals surface area (Å²) in [7, 11) is 0. The molecule has 0 aliphatic carbocycles. The molecule has 0 heterocycles. The number of alkyl halides is 3. The van der Waals surface area contributed by atoms with Crippen LogP contribution in [0.15, 0.2) is 24.3 Å². The first-order valence-electron chi connectivity index (χ1n) is 7.49. The van der Waals surface area contributed by atoms with Crippen LogP contribution in [0.25, 0.3) is 0 Å². The minimum absolute atomic E-state index is 0.0608. The highest BCUT2D eigenvalue weighted by Crippen LogP contribution is 2.29. The van der Waals surface area contributed by atoms with E-state index < -0.39 is 35.2 Å². The quantitative estimate of drug-likeness (QED) is 0.789. The Labute approximate surface area is 138 Å². The van der Waals surface area contributed by atoms with Crippen LogP contribution in [-0.2, 0) is 26.9 Å². The molecule has 0 saturated carbocycles. The molecule has 7 heteroatoms. The van der Waals surface area contributed by atoms with Crippen molar-refractivity contribution < 1.29 is 32.6 Å². The lowest BCUT2D eigenvalue weighted by molar-refractivity contribution is -0.160. The van der Waals surface area contributed by atoms with Crippen molar-refractivity contribution in [2.75, 3.05) is 0 Å². The Morgan fingerprint density at radius 1 is 1.12 bits per heavy atom. The molecule has 0 aliphatic rings. The van der Waals surface area contributed by atoms with Gasteiger partial charge in [-0.05, 0) is 51.3 Å². The molecule has 1 unspecified atom stereocenters. The maximum atomic E-state index is 12.6. The molecule has 0 aliphatic heterocycles. The second kappa shape index (κ2) is 7.68. The minimum atomic E-state index is -4.42. The summed E-state index contributed by atoms with van der Waals surface area (Å²) in [5.74, 6) is -2.32. The maximum absolute atomic E-state index is 12.6. The molecule has 24 heavy (non-hydrogen) atoms. The zero-order chi connectivity index (χ0) is 18.5. The Bertz CT molecular complexity index is 571. The fourth-order valence-corrected chi connectivity index (χ4v) is 2.10. The van der Waals surface area contributed by atoms with Crippen LogP contribution >= 0.6 is 0 Å². The monoisotopic (exact) mass is 346 g/mol. The normalized spacial score (nSPS) is 13.4. The molecule has 0 amide bonds. The SMILES string of the molecule is CC(C)(C)OC(=O)C(CCC(=O)O)Cc1ccc(C(F)(F)F)cc1. The third-order valence-corrected chi connectivity index (χ3v) is 3.21. The smallest absolute Gasteiger partial charge is 0.416 e. The first kappa shape index (κ1) is 20.0. The van der Waals surface area contributed by atoms with E-state index in [-0.39, 0.29) is 19.3 Å². The largest absolute Gasteiger partial charge is 0.481 e. The molecule has 0 aromatic heterocycles. The van der Waals surface area contributed by atoms with Crippen LogP contribution in [0.1, 0.15) is 44.7 Å². The molecule has 0 fully saturated rings. The topological polar surface area (TPSA) is 63.6 Å². The molecule has 1 aromatic rings. The molecule has 0 radical (unpaired) electrons. The van der Waals surface area contributed by atoms with E-state index in [2.05, 4.69) is 0 Å². The molecule has 0 bridgehead atoms. The molecular formula is C17H21F3O4. The van der Waals surface area contributed by atoms with E-state index >= 15 is 0 Å². The number of hydrogen-bond acceptors (Lipinski definition) is 3. The fraction of sp³-hybridized carbons (Fsp3) is 0.529. The number of ether oxygens (including phenoxy) is 1. The molecule has 1 N–H and O–H groups in total. The Morgan fingerprint density at radius 3 is 2.08 bits per heavy atom. The third-order valence-electron chi connectivity index (χ3n) is 3.21. The van der Waals surface area contributed by atoms with Gasteiger partial charge in [0.05, 0.1) is 11.5 Å². The average Bonchev–Trinajstić information content (AvgIpc) is 2.40. The van der Waals surface area contributed by atoms with Gasteiger partial charge in [-0.25, -0.2) is 0 Å². The first-order chi connectivity index (χ1) is 10.9. The van der Waals surface area contributed by atoms with Crippen LogP contribution in [0.2, 0.25) is 0 Å². The van der Waals surface area contributed by atoms with E-state index in [1.165, 1.54) is 12.1 Å². The van der Waals surface area contributed by atoms with E-state index in [4.69, 9.17) is 9.84 Å². The van der Waals surface area contributed by atoms with Gasteiger partial charge in [-0.3, -0.25) is 9.59 Å². The van der Waals surface area contributed by atoms with Crippen LogP contribution < -0.4 is 0 Å². The van der Waals surface area contributed by atoms with Gasteiger partial charge in [0.2, 0.25) is 0 Å². The van der Waals surface area contributed by atoms with Crippen molar-refractivity contribution in [1.82, 2.24) is 0 Å². The predicted molar refractivity (Wildman–Crippen MR) is 81.4 cm³/mol. The average molecular weight is 346 g/mol. The van der Waals surface area contributed by atoms with Gasteiger partial charge in [-0.2, -0.15) is 13.2 Å². The Balaban J connectivity index is 2.87. The molecule has 0 saturated heterocycles. The highest BCUT2D eigenvalue weighted by atomic mass is 19.4. The number of halogens is 3. The summed E-state index contributed by atoms with van der Waals surface area (Å²) in [5.41, 5.74) is -0.978. The summed E-state index contributed by atoms with van der Waals surface area (Å²) in [6.45, 7) is 5.08. The molecule has 1 atom stereocenters. The minimum Gasteiger partial charge on any atom is -0.481 e. The summed E-state index contributed by atoms with van der Waals surface area (Å²) in [6, 6.07) is 4.47. The van der Waals surface area contributed by atoms with Gasteiger partial charge in [0.25, 0.3) is 0 Å². The van der Waals surface area contributed by atoms with Crippen molar-refractivity contribution in [3.05, 3.63) is 35.4 Å². The predicted octanol–water partition coefficient (Wildman–Crippen LogP) is 4.07. The van der Waals surface area contributed by atoms with Crippen molar-refractivity contribution in [1.29, 1.82) is 0 Å². The number of aliphatic carboxylic acids is 1. The van der Waals surface area contributed by atoms with E-state index in [9.17, 15) is 22.8 Å². The zero-order valence-electron chi connectivity index (χ0n) is 13.8. The lowest BCUT2D eigenvalue weighted by Crippen LogP contribution is -2.30. The number of carbonyl (C=O) groups is 2. The van der Waals surface area contributed by atoms with Crippen molar-refractivity contribution in [2.45, 2.75) is 51.8 Å². The lowest BCUT2D eigenvalue weighted by atomic mass is 9.94. The van der Waals surface area contributed by atoms with E-state index in [1.54, 1.807) is 20.8 Å². The summed E-state index contributed by atoms with van der Waals surface area (Å²) >= 11 is 0. The first-order valence-corrected chi connectivity index (χ1v) is 7.49. The molecule has 4 nitrogen and oxygen atoms in total. The van der Waals surface area contributed by atoms with Crippen molar-refractivity contribution in [3.63, 3.8) is 0 Å². The molecular weight excluding hydrogens is 325 g/mol. The summed E-state index contributed by atoms with van der Waals surface area (Å²) in [6.07, 6.45) is -4.46. The summed E-state index contributed by atoms with van der Waals surface area (Å²) in [4.78, 5) is 22.9. The van der Waals surface area contributed by atoms with Crippen LogP contribution in [0.3, 0.4) is 0 Å². The molecule has 134 valence electrons. The number of carboxylic acid groups (broad SMARTS) is 1. The van der Waals surface area contributed by atoms with Gasteiger partial charge in [0, 0.05) is 6.42 Å². The summed E-state index contributed by atoms with van der Waals surface area (Å²) in [5, 5.41) is 8.79. The van der Waals surface area contributed by atoms with Gasteiger partial charge in [-0.15, -0.1) is 0 Å². The molecule has 1 rings (SSSR count). The Morgan fingerprint density at radius 2 is 1.67 bits per heavy atom. The van der Waals surface area contributed by atoms with E-state index in [0.29, 0.717) is 5.56 Å².